The molecule has 106 valence electrons. The molecular formula is C15H25N3O. The van der Waals surface area contributed by atoms with E-state index in [0.717, 1.165) is 37.9 Å². The molecule has 0 aliphatic carbocycles. The van der Waals surface area contributed by atoms with Gasteiger partial charge in [0.2, 0.25) is 0 Å². The highest BCUT2D eigenvalue weighted by Crippen LogP contribution is 2.28. The van der Waals surface area contributed by atoms with Crippen molar-refractivity contribution >= 4 is 5.82 Å². The second-order valence-electron chi connectivity index (χ2n) is 5.93. The number of nitrogen functional groups attached to an aromatic ring is 1. The largest absolute Gasteiger partial charge is 0.389 e. The molecular weight excluding hydrogens is 238 g/mol. The van der Waals surface area contributed by atoms with Gasteiger partial charge in [-0.1, -0.05) is 6.07 Å². The predicted molar refractivity (Wildman–Crippen MR) is 77.9 cm³/mol. The Morgan fingerprint density at radius 2 is 2.21 bits per heavy atom. The summed E-state index contributed by atoms with van der Waals surface area (Å²) in [6.45, 7) is 6.45. The molecule has 3 N–H and O–H groups in total. The standard InChI is InChI=1S/C15H25N3O/c1-12(2)18-9-4-6-15(19,7-10-18)11-13-5-3-8-17-14(13)16/h3,5,8,12,19H,4,6-7,9-11H2,1-2H3,(H2,16,17). The lowest BCUT2D eigenvalue weighted by molar-refractivity contribution is 0.0249. The number of aliphatic hydroxyl groups is 1. The molecule has 19 heavy (non-hydrogen) atoms. The Hall–Kier alpha value is -1.13. The van der Waals surface area contributed by atoms with E-state index in [1.54, 1.807) is 6.20 Å². The summed E-state index contributed by atoms with van der Waals surface area (Å²) in [5.74, 6) is 0.542. The van der Waals surface area contributed by atoms with Crippen LogP contribution in [-0.2, 0) is 6.42 Å². The molecule has 2 rings (SSSR count). The summed E-state index contributed by atoms with van der Waals surface area (Å²) in [4.78, 5) is 6.53. The van der Waals surface area contributed by atoms with Gasteiger partial charge in [-0.3, -0.25) is 0 Å². The smallest absolute Gasteiger partial charge is 0.126 e. The monoisotopic (exact) mass is 263 g/mol. The lowest BCUT2D eigenvalue weighted by Crippen LogP contribution is -2.35. The lowest BCUT2D eigenvalue weighted by atomic mass is 9.88. The Morgan fingerprint density at radius 3 is 2.89 bits per heavy atom. The van der Waals surface area contributed by atoms with E-state index in [4.69, 9.17) is 5.73 Å². The second-order valence-corrected chi connectivity index (χ2v) is 5.93. The zero-order chi connectivity index (χ0) is 13.9. The van der Waals surface area contributed by atoms with Crippen LogP contribution in [0.4, 0.5) is 5.82 Å². The average Bonchev–Trinajstić information content (AvgIpc) is 2.55. The van der Waals surface area contributed by atoms with Gasteiger partial charge in [-0.15, -0.1) is 0 Å². The number of likely N-dealkylation sites (tertiary alicyclic amines) is 1. The summed E-state index contributed by atoms with van der Waals surface area (Å²) in [7, 11) is 0. The molecule has 4 nitrogen and oxygen atoms in total. The van der Waals surface area contributed by atoms with Gasteiger partial charge in [0.1, 0.15) is 5.82 Å². The van der Waals surface area contributed by atoms with Crippen LogP contribution in [0.15, 0.2) is 18.3 Å². The zero-order valence-corrected chi connectivity index (χ0v) is 12.0. The van der Waals surface area contributed by atoms with Crippen LogP contribution in [0.5, 0.6) is 0 Å². The lowest BCUT2D eigenvalue weighted by Gasteiger charge is -2.28. The molecule has 0 aromatic carbocycles. The number of nitrogens with two attached hydrogens (primary N) is 1. The van der Waals surface area contributed by atoms with Gasteiger partial charge in [-0.2, -0.15) is 0 Å². The minimum absolute atomic E-state index is 0.542. The Bertz CT molecular complexity index is 422. The number of hydrogen-bond acceptors (Lipinski definition) is 4. The fourth-order valence-electron chi connectivity index (χ4n) is 2.85. The van der Waals surface area contributed by atoms with Gasteiger partial charge in [0.05, 0.1) is 5.60 Å². The van der Waals surface area contributed by atoms with Crippen molar-refractivity contribution in [2.45, 2.75) is 51.2 Å². The minimum atomic E-state index is -0.638. The molecule has 1 aromatic heterocycles. The minimum Gasteiger partial charge on any atom is -0.389 e. The first kappa shape index (κ1) is 14.3. The van der Waals surface area contributed by atoms with E-state index >= 15 is 0 Å². The fraction of sp³-hybridized carbons (Fsp3) is 0.667. The van der Waals surface area contributed by atoms with Gasteiger partial charge in [0, 0.05) is 25.2 Å². The maximum absolute atomic E-state index is 10.8. The first-order valence-electron chi connectivity index (χ1n) is 7.16. The van der Waals surface area contributed by atoms with Crippen molar-refractivity contribution in [1.29, 1.82) is 0 Å². The van der Waals surface area contributed by atoms with E-state index in [2.05, 4.69) is 23.7 Å². The highest BCUT2D eigenvalue weighted by Gasteiger charge is 2.31. The molecule has 1 unspecified atom stereocenters. The fourth-order valence-corrected chi connectivity index (χ4v) is 2.85. The summed E-state index contributed by atoms with van der Waals surface area (Å²) in [5.41, 5.74) is 6.20. The molecule has 2 heterocycles. The maximum atomic E-state index is 10.8. The van der Waals surface area contributed by atoms with E-state index in [1.807, 2.05) is 12.1 Å². The van der Waals surface area contributed by atoms with Gasteiger partial charge in [-0.05, 0) is 51.3 Å². The van der Waals surface area contributed by atoms with Gasteiger partial charge in [0.25, 0.3) is 0 Å². The van der Waals surface area contributed by atoms with Gasteiger partial charge >= 0.3 is 0 Å². The van der Waals surface area contributed by atoms with Crippen LogP contribution in [0, 0.1) is 0 Å². The SMILES string of the molecule is CC(C)N1CCCC(O)(Cc2cccnc2N)CC1. The third kappa shape index (κ3) is 3.67. The highest BCUT2D eigenvalue weighted by atomic mass is 16.3. The van der Waals surface area contributed by atoms with Crippen LogP contribution < -0.4 is 5.73 Å². The maximum Gasteiger partial charge on any atom is 0.126 e. The van der Waals surface area contributed by atoms with Crippen LogP contribution >= 0.6 is 0 Å². The Labute approximate surface area is 115 Å². The van der Waals surface area contributed by atoms with Crippen LogP contribution in [0.25, 0.3) is 0 Å². The molecule has 1 fully saturated rings. The second kappa shape index (κ2) is 5.88. The molecule has 0 spiro atoms. The Balaban J connectivity index is 2.05. The van der Waals surface area contributed by atoms with Crippen molar-refractivity contribution in [1.82, 2.24) is 9.88 Å². The normalized spacial score (nSPS) is 25.5. The summed E-state index contributed by atoms with van der Waals surface area (Å²) >= 11 is 0. The number of hydrogen-bond donors (Lipinski definition) is 2. The van der Waals surface area contributed by atoms with Crippen LogP contribution in [0.1, 0.15) is 38.7 Å². The molecule has 1 aromatic rings. The average molecular weight is 263 g/mol. The summed E-state index contributed by atoms with van der Waals surface area (Å²) < 4.78 is 0. The highest BCUT2D eigenvalue weighted by molar-refractivity contribution is 5.39. The predicted octanol–water partition coefficient (Wildman–Crippen LogP) is 1.83. The van der Waals surface area contributed by atoms with Crippen molar-refractivity contribution in [2.75, 3.05) is 18.8 Å². The molecule has 1 saturated heterocycles. The summed E-state index contributed by atoms with van der Waals surface area (Å²) in [6, 6.07) is 4.39. The topological polar surface area (TPSA) is 62.4 Å². The van der Waals surface area contributed by atoms with E-state index in [0.29, 0.717) is 18.3 Å². The molecule has 1 aliphatic rings. The number of nitrogens with zero attached hydrogens (tertiary/aromatic N) is 2. The first-order chi connectivity index (χ1) is 9.00. The molecule has 1 aliphatic heterocycles. The summed E-state index contributed by atoms with van der Waals surface area (Å²) in [5, 5.41) is 10.8. The third-order valence-corrected chi connectivity index (χ3v) is 4.13. The van der Waals surface area contributed by atoms with Crippen LogP contribution in [0.3, 0.4) is 0 Å². The molecule has 0 saturated carbocycles. The van der Waals surface area contributed by atoms with Crippen molar-refractivity contribution in [3.05, 3.63) is 23.9 Å². The molecule has 0 bridgehead atoms. The molecule has 4 heteroatoms. The molecule has 0 radical (unpaired) electrons. The zero-order valence-electron chi connectivity index (χ0n) is 12.0. The van der Waals surface area contributed by atoms with Crippen molar-refractivity contribution in [3.8, 4) is 0 Å². The van der Waals surface area contributed by atoms with Crippen molar-refractivity contribution < 1.29 is 5.11 Å². The Kier molecular flexibility index (Phi) is 4.42. The van der Waals surface area contributed by atoms with Crippen LogP contribution in [-0.4, -0.2) is 39.7 Å². The molecule has 0 amide bonds. The number of anilines is 1. The Morgan fingerprint density at radius 1 is 1.42 bits per heavy atom. The van der Waals surface area contributed by atoms with E-state index in [-0.39, 0.29) is 0 Å². The van der Waals surface area contributed by atoms with E-state index < -0.39 is 5.60 Å². The van der Waals surface area contributed by atoms with Gasteiger partial charge in [0.15, 0.2) is 0 Å². The summed E-state index contributed by atoms with van der Waals surface area (Å²) in [6.07, 6.45) is 4.98. The third-order valence-electron chi connectivity index (χ3n) is 4.13. The van der Waals surface area contributed by atoms with E-state index in [9.17, 15) is 5.11 Å². The number of aromatic nitrogens is 1. The van der Waals surface area contributed by atoms with Gasteiger partial charge in [-0.25, -0.2) is 4.98 Å². The quantitative estimate of drug-likeness (QED) is 0.873. The van der Waals surface area contributed by atoms with Crippen molar-refractivity contribution in [3.63, 3.8) is 0 Å². The molecule has 1 atom stereocenters. The number of pyridine rings is 1. The van der Waals surface area contributed by atoms with Gasteiger partial charge < -0.3 is 15.7 Å². The van der Waals surface area contributed by atoms with Crippen molar-refractivity contribution in [2.24, 2.45) is 0 Å². The number of rotatable bonds is 3. The van der Waals surface area contributed by atoms with Crippen LogP contribution in [0.2, 0.25) is 0 Å². The van der Waals surface area contributed by atoms with E-state index in [1.165, 1.54) is 0 Å². The first-order valence-corrected chi connectivity index (χ1v) is 7.16.